The molecule has 0 amide bonds. The Morgan fingerprint density at radius 2 is 1.73 bits per heavy atom. The first kappa shape index (κ1) is 18.6. The largest absolute Gasteiger partial charge is 0.391 e. The molecule has 0 saturated carbocycles. The lowest BCUT2D eigenvalue weighted by molar-refractivity contribution is 0.130. The van der Waals surface area contributed by atoms with Gasteiger partial charge in [0.2, 0.25) is 10.0 Å². The molecule has 7 heteroatoms. The number of oxime groups is 1. The predicted octanol–water partition coefficient (Wildman–Crippen LogP) is 2.22. The standard InChI is InChI=1S/C19H23N3O3S/c1-16(21-25-15-17-5-3-2-4-6-17)18-7-9-19(10-8-18)26(23,24)22-13-11-20-12-14-22/h2-10,20H,11-15H2,1H3. The minimum absolute atomic E-state index is 0.307. The van der Waals surface area contributed by atoms with E-state index in [1.54, 1.807) is 24.3 Å². The van der Waals surface area contributed by atoms with E-state index in [2.05, 4.69) is 10.5 Å². The predicted molar refractivity (Wildman–Crippen MR) is 102 cm³/mol. The summed E-state index contributed by atoms with van der Waals surface area (Å²) in [5, 5.41) is 7.28. The van der Waals surface area contributed by atoms with Gasteiger partial charge in [-0.3, -0.25) is 0 Å². The van der Waals surface area contributed by atoms with E-state index in [0.29, 0.717) is 43.4 Å². The fraction of sp³-hybridized carbons (Fsp3) is 0.316. The zero-order valence-electron chi connectivity index (χ0n) is 14.8. The SMILES string of the molecule is CC(=NOCc1ccccc1)c1ccc(S(=O)(=O)N2CCNCC2)cc1. The van der Waals surface area contributed by atoms with Crippen LogP contribution >= 0.6 is 0 Å². The Kier molecular flexibility index (Phi) is 6.03. The molecule has 0 bridgehead atoms. The molecule has 6 nitrogen and oxygen atoms in total. The number of piperazine rings is 1. The molecule has 1 aliphatic rings. The fourth-order valence-corrected chi connectivity index (χ4v) is 4.17. The van der Waals surface area contributed by atoms with Crippen LogP contribution in [0.5, 0.6) is 0 Å². The smallest absolute Gasteiger partial charge is 0.243 e. The normalized spacial score (nSPS) is 16.4. The summed E-state index contributed by atoms with van der Waals surface area (Å²) in [5.74, 6) is 0. The summed E-state index contributed by atoms with van der Waals surface area (Å²) in [6.45, 7) is 4.60. The molecule has 138 valence electrons. The van der Waals surface area contributed by atoms with E-state index in [0.717, 1.165) is 11.1 Å². The van der Waals surface area contributed by atoms with Gasteiger partial charge >= 0.3 is 0 Å². The number of rotatable bonds is 6. The minimum Gasteiger partial charge on any atom is -0.391 e. The molecule has 1 saturated heterocycles. The van der Waals surface area contributed by atoms with Crippen LogP contribution in [0, 0.1) is 0 Å². The van der Waals surface area contributed by atoms with Gasteiger partial charge in [0, 0.05) is 26.2 Å². The molecule has 2 aromatic carbocycles. The quantitative estimate of drug-likeness (QED) is 0.623. The average Bonchev–Trinajstić information content (AvgIpc) is 2.69. The van der Waals surface area contributed by atoms with Crippen LogP contribution in [0.4, 0.5) is 0 Å². The van der Waals surface area contributed by atoms with Gasteiger partial charge in [-0.05, 0) is 30.2 Å². The van der Waals surface area contributed by atoms with E-state index in [1.165, 1.54) is 4.31 Å². The summed E-state index contributed by atoms with van der Waals surface area (Å²) in [6.07, 6.45) is 0. The minimum atomic E-state index is -3.44. The zero-order chi connectivity index (χ0) is 18.4. The van der Waals surface area contributed by atoms with Crippen molar-refractivity contribution in [3.8, 4) is 0 Å². The monoisotopic (exact) mass is 373 g/mol. The molecule has 1 fully saturated rings. The molecule has 0 atom stereocenters. The Labute approximate surface area is 154 Å². The summed E-state index contributed by atoms with van der Waals surface area (Å²) >= 11 is 0. The van der Waals surface area contributed by atoms with E-state index in [9.17, 15) is 8.42 Å². The molecule has 1 aliphatic heterocycles. The third-order valence-electron chi connectivity index (χ3n) is 4.26. The zero-order valence-corrected chi connectivity index (χ0v) is 15.6. The lowest BCUT2D eigenvalue weighted by Gasteiger charge is -2.26. The molecular formula is C19H23N3O3S. The lowest BCUT2D eigenvalue weighted by atomic mass is 10.1. The highest BCUT2D eigenvalue weighted by molar-refractivity contribution is 7.89. The van der Waals surface area contributed by atoms with E-state index in [4.69, 9.17) is 4.84 Å². The lowest BCUT2D eigenvalue weighted by Crippen LogP contribution is -2.46. The number of nitrogens with zero attached hydrogens (tertiary/aromatic N) is 2. The average molecular weight is 373 g/mol. The van der Waals surface area contributed by atoms with Gasteiger partial charge < -0.3 is 10.2 Å². The van der Waals surface area contributed by atoms with Crippen LogP contribution in [0.25, 0.3) is 0 Å². The Morgan fingerprint density at radius 3 is 2.38 bits per heavy atom. The van der Waals surface area contributed by atoms with Crippen LogP contribution in [-0.4, -0.2) is 44.6 Å². The van der Waals surface area contributed by atoms with Crippen LogP contribution in [0.15, 0.2) is 64.6 Å². The molecule has 0 radical (unpaired) electrons. The van der Waals surface area contributed by atoms with Gasteiger partial charge in [-0.2, -0.15) is 4.31 Å². The van der Waals surface area contributed by atoms with Gasteiger partial charge in [0.15, 0.2) is 0 Å². The van der Waals surface area contributed by atoms with Crippen molar-refractivity contribution in [2.75, 3.05) is 26.2 Å². The van der Waals surface area contributed by atoms with Crippen molar-refractivity contribution in [1.82, 2.24) is 9.62 Å². The van der Waals surface area contributed by atoms with E-state index < -0.39 is 10.0 Å². The molecule has 2 aromatic rings. The molecule has 0 unspecified atom stereocenters. The third kappa shape index (κ3) is 4.49. The van der Waals surface area contributed by atoms with Crippen LogP contribution < -0.4 is 5.32 Å². The maximum Gasteiger partial charge on any atom is 0.243 e. The van der Waals surface area contributed by atoms with Crippen molar-refractivity contribution >= 4 is 15.7 Å². The molecule has 1 heterocycles. The summed E-state index contributed by atoms with van der Waals surface area (Å²) in [5.41, 5.74) is 2.57. The first-order chi connectivity index (χ1) is 12.6. The highest BCUT2D eigenvalue weighted by Crippen LogP contribution is 2.17. The summed E-state index contributed by atoms with van der Waals surface area (Å²) < 4.78 is 26.8. The Morgan fingerprint density at radius 1 is 1.08 bits per heavy atom. The Balaban J connectivity index is 1.65. The van der Waals surface area contributed by atoms with Crippen LogP contribution in [0.2, 0.25) is 0 Å². The number of hydrogen-bond donors (Lipinski definition) is 1. The van der Waals surface area contributed by atoms with Crippen molar-refractivity contribution in [2.24, 2.45) is 5.16 Å². The van der Waals surface area contributed by atoms with Crippen molar-refractivity contribution in [3.63, 3.8) is 0 Å². The number of nitrogens with one attached hydrogen (secondary N) is 1. The van der Waals surface area contributed by atoms with Crippen molar-refractivity contribution < 1.29 is 13.3 Å². The fourth-order valence-electron chi connectivity index (χ4n) is 2.73. The maximum absolute atomic E-state index is 12.6. The van der Waals surface area contributed by atoms with Gasteiger partial charge in [-0.15, -0.1) is 0 Å². The van der Waals surface area contributed by atoms with Crippen molar-refractivity contribution in [2.45, 2.75) is 18.4 Å². The van der Waals surface area contributed by atoms with Crippen molar-refractivity contribution in [3.05, 3.63) is 65.7 Å². The van der Waals surface area contributed by atoms with E-state index in [-0.39, 0.29) is 0 Å². The summed E-state index contributed by atoms with van der Waals surface area (Å²) in [4.78, 5) is 5.69. The topological polar surface area (TPSA) is 71.0 Å². The van der Waals surface area contributed by atoms with Gasteiger partial charge in [-0.1, -0.05) is 47.6 Å². The third-order valence-corrected chi connectivity index (χ3v) is 6.17. The summed E-state index contributed by atoms with van der Waals surface area (Å²) in [6, 6.07) is 16.6. The highest BCUT2D eigenvalue weighted by Gasteiger charge is 2.25. The van der Waals surface area contributed by atoms with E-state index in [1.807, 2.05) is 37.3 Å². The first-order valence-corrected chi connectivity index (χ1v) is 10.0. The van der Waals surface area contributed by atoms with Gasteiger partial charge in [0.05, 0.1) is 10.6 Å². The second-order valence-corrected chi connectivity index (χ2v) is 8.05. The number of hydrogen-bond acceptors (Lipinski definition) is 5. The Bertz CT molecular complexity index is 843. The van der Waals surface area contributed by atoms with Crippen LogP contribution in [0.1, 0.15) is 18.1 Å². The highest BCUT2D eigenvalue weighted by atomic mass is 32.2. The van der Waals surface area contributed by atoms with Gasteiger partial charge in [-0.25, -0.2) is 8.42 Å². The first-order valence-electron chi connectivity index (χ1n) is 8.59. The van der Waals surface area contributed by atoms with Gasteiger partial charge in [0.1, 0.15) is 6.61 Å². The maximum atomic E-state index is 12.6. The van der Waals surface area contributed by atoms with Gasteiger partial charge in [0.25, 0.3) is 0 Å². The Hall–Kier alpha value is -2.22. The molecule has 26 heavy (non-hydrogen) atoms. The number of benzene rings is 2. The molecule has 3 rings (SSSR count). The molecular weight excluding hydrogens is 350 g/mol. The van der Waals surface area contributed by atoms with Crippen molar-refractivity contribution in [1.29, 1.82) is 0 Å². The second-order valence-electron chi connectivity index (χ2n) is 6.11. The second kappa shape index (κ2) is 8.44. The number of sulfonamides is 1. The molecule has 0 aromatic heterocycles. The molecule has 0 aliphatic carbocycles. The summed E-state index contributed by atoms with van der Waals surface area (Å²) in [7, 11) is -3.44. The van der Waals surface area contributed by atoms with Crippen LogP contribution in [-0.2, 0) is 21.5 Å². The van der Waals surface area contributed by atoms with Crippen LogP contribution in [0.3, 0.4) is 0 Å². The molecule has 1 N–H and O–H groups in total. The molecule has 0 spiro atoms. The van der Waals surface area contributed by atoms with E-state index >= 15 is 0 Å².